The molecule has 1 aliphatic rings. The minimum absolute atomic E-state index is 0.262. The van der Waals surface area contributed by atoms with Gasteiger partial charge in [0.1, 0.15) is 11.5 Å². The fourth-order valence-corrected chi connectivity index (χ4v) is 1.79. The summed E-state index contributed by atoms with van der Waals surface area (Å²) in [5.41, 5.74) is -1.23. The van der Waals surface area contributed by atoms with Gasteiger partial charge in [-0.3, -0.25) is 14.4 Å². The Bertz CT molecular complexity index is 638. The van der Waals surface area contributed by atoms with Gasteiger partial charge in [0.05, 0.1) is 16.7 Å². The molecule has 0 bridgehead atoms. The van der Waals surface area contributed by atoms with Crippen molar-refractivity contribution in [2.24, 2.45) is 0 Å². The summed E-state index contributed by atoms with van der Waals surface area (Å²) >= 11 is 0. The monoisotopic (exact) mass is 248 g/mol. The third kappa shape index (κ3) is 1.46. The van der Waals surface area contributed by atoms with Crippen LogP contribution in [0.15, 0.2) is 17.9 Å². The van der Waals surface area contributed by atoms with Crippen molar-refractivity contribution in [1.29, 1.82) is 0 Å². The van der Waals surface area contributed by atoms with Crippen LogP contribution in [0.25, 0.3) is 0 Å². The van der Waals surface area contributed by atoms with Crippen LogP contribution >= 0.6 is 0 Å². The fraction of sp³-hybridized carbons (Fsp3) is 0.0833. The van der Waals surface area contributed by atoms with Crippen molar-refractivity contribution >= 4 is 17.3 Å². The summed E-state index contributed by atoms with van der Waals surface area (Å²) in [6.45, 7) is 1.14. The molecular weight excluding hydrogens is 240 g/mol. The molecule has 0 heterocycles. The molecule has 0 saturated carbocycles. The van der Waals surface area contributed by atoms with Crippen LogP contribution in [0.3, 0.4) is 0 Å². The lowest BCUT2D eigenvalue weighted by molar-refractivity contribution is 0.0933. The SMILES string of the molecule is CC(=O)c1cc(O)c2c(c1O)C(=O)C=C(O)C2=O. The minimum Gasteiger partial charge on any atom is -0.507 e. The first-order valence-corrected chi connectivity index (χ1v) is 4.94. The summed E-state index contributed by atoms with van der Waals surface area (Å²) in [4.78, 5) is 34.4. The van der Waals surface area contributed by atoms with Crippen LogP contribution in [0.2, 0.25) is 0 Å². The summed E-state index contributed by atoms with van der Waals surface area (Å²) < 4.78 is 0. The molecule has 0 unspecified atom stereocenters. The van der Waals surface area contributed by atoms with Gasteiger partial charge in [-0.1, -0.05) is 0 Å². The smallest absolute Gasteiger partial charge is 0.232 e. The van der Waals surface area contributed by atoms with Crippen LogP contribution in [-0.4, -0.2) is 32.7 Å². The van der Waals surface area contributed by atoms with Crippen molar-refractivity contribution in [3.8, 4) is 11.5 Å². The number of Topliss-reactive ketones (excluding diaryl/α,β-unsaturated/α-hetero) is 2. The number of benzene rings is 1. The number of aromatic hydroxyl groups is 2. The standard InChI is InChI=1S/C12H8O6/c1-4(13)5-2-6(14)10-9(11(5)17)7(15)3-8(16)12(10)18/h2-3,14,16-17H,1H3. The van der Waals surface area contributed by atoms with E-state index >= 15 is 0 Å². The molecule has 1 aliphatic carbocycles. The zero-order valence-corrected chi connectivity index (χ0v) is 9.22. The summed E-state index contributed by atoms with van der Waals surface area (Å²) in [5, 5.41) is 28.6. The number of carbonyl (C=O) groups excluding carboxylic acids is 3. The molecular formula is C12H8O6. The molecule has 0 radical (unpaired) electrons. The molecule has 0 aromatic heterocycles. The van der Waals surface area contributed by atoms with Gasteiger partial charge in [-0.05, 0) is 13.0 Å². The Hall–Kier alpha value is -2.63. The van der Waals surface area contributed by atoms with Crippen LogP contribution in [0, 0.1) is 0 Å². The van der Waals surface area contributed by atoms with E-state index in [0.29, 0.717) is 6.08 Å². The molecule has 18 heavy (non-hydrogen) atoms. The Morgan fingerprint density at radius 3 is 2.28 bits per heavy atom. The molecule has 1 aromatic carbocycles. The van der Waals surface area contributed by atoms with E-state index in [-0.39, 0.29) is 5.56 Å². The van der Waals surface area contributed by atoms with E-state index in [4.69, 9.17) is 0 Å². The van der Waals surface area contributed by atoms with Crippen molar-refractivity contribution in [2.45, 2.75) is 6.92 Å². The number of allylic oxidation sites excluding steroid dienone is 2. The summed E-state index contributed by atoms with van der Waals surface area (Å²) in [6.07, 6.45) is 0.633. The molecule has 0 aliphatic heterocycles. The number of carbonyl (C=O) groups is 3. The maximum Gasteiger partial charge on any atom is 0.232 e. The molecule has 92 valence electrons. The van der Waals surface area contributed by atoms with Gasteiger partial charge >= 0.3 is 0 Å². The maximum atomic E-state index is 11.6. The van der Waals surface area contributed by atoms with Crippen LogP contribution in [0.1, 0.15) is 38.0 Å². The number of ketones is 3. The fourth-order valence-electron chi connectivity index (χ4n) is 1.79. The van der Waals surface area contributed by atoms with E-state index in [2.05, 4.69) is 0 Å². The first kappa shape index (κ1) is 11.8. The van der Waals surface area contributed by atoms with Gasteiger partial charge in [-0.2, -0.15) is 0 Å². The molecule has 0 spiro atoms. The van der Waals surface area contributed by atoms with Gasteiger partial charge < -0.3 is 15.3 Å². The topological polar surface area (TPSA) is 112 Å². The molecule has 3 N–H and O–H groups in total. The normalized spacial score (nSPS) is 14.2. The number of aliphatic hydroxyl groups excluding tert-OH is 1. The van der Waals surface area contributed by atoms with E-state index in [9.17, 15) is 29.7 Å². The third-order valence-corrected chi connectivity index (χ3v) is 2.63. The van der Waals surface area contributed by atoms with E-state index in [0.717, 1.165) is 13.0 Å². The van der Waals surface area contributed by atoms with Crippen LogP contribution in [0.4, 0.5) is 0 Å². The Balaban J connectivity index is 2.86. The molecule has 0 fully saturated rings. The maximum absolute atomic E-state index is 11.6. The largest absolute Gasteiger partial charge is 0.507 e. The highest BCUT2D eigenvalue weighted by Gasteiger charge is 2.33. The lowest BCUT2D eigenvalue weighted by Gasteiger charge is -2.16. The highest BCUT2D eigenvalue weighted by molar-refractivity contribution is 6.26. The van der Waals surface area contributed by atoms with E-state index in [1.165, 1.54) is 0 Å². The Labute approximate surface area is 101 Å². The van der Waals surface area contributed by atoms with Crippen molar-refractivity contribution in [3.63, 3.8) is 0 Å². The minimum atomic E-state index is -0.979. The molecule has 0 amide bonds. The van der Waals surface area contributed by atoms with Crippen LogP contribution in [-0.2, 0) is 0 Å². The van der Waals surface area contributed by atoms with E-state index in [1.54, 1.807) is 0 Å². The zero-order chi connectivity index (χ0) is 13.6. The van der Waals surface area contributed by atoms with Gasteiger partial charge in [-0.15, -0.1) is 0 Å². The lowest BCUT2D eigenvalue weighted by atomic mass is 9.89. The molecule has 0 atom stereocenters. The van der Waals surface area contributed by atoms with E-state index in [1.807, 2.05) is 0 Å². The highest BCUT2D eigenvalue weighted by atomic mass is 16.3. The number of hydrogen-bond donors (Lipinski definition) is 3. The summed E-state index contributed by atoms with van der Waals surface area (Å²) in [7, 11) is 0. The Morgan fingerprint density at radius 1 is 1.11 bits per heavy atom. The number of hydrogen-bond acceptors (Lipinski definition) is 6. The quantitative estimate of drug-likeness (QED) is 0.507. The molecule has 6 nitrogen and oxygen atoms in total. The molecule has 2 rings (SSSR count). The van der Waals surface area contributed by atoms with Crippen molar-refractivity contribution < 1.29 is 29.7 Å². The molecule has 1 aromatic rings. The molecule has 6 heteroatoms. The number of phenolic OH excluding ortho intramolecular Hbond substituents is 2. The third-order valence-electron chi connectivity index (χ3n) is 2.63. The van der Waals surface area contributed by atoms with Crippen molar-refractivity contribution in [2.75, 3.05) is 0 Å². The van der Waals surface area contributed by atoms with Crippen LogP contribution in [0.5, 0.6) is 11.5 Å². The lowest BCUT2D eigenvalue weighted by Crippen LogP contribution is -2.18. The first-order chi connectivity index (χ1) is 8.34. The van der Waals surface area contributed by atoms with Crippen molar-refractivity contribution in [3.05, 3.63) is 34.6 Å². The second kappa shape index (κ2) is 3.69. The average molecular weight is 248 g/mol. The summed E-state index contributed by atoms with van der Waals surface area (Å²) in [6, 6.07) is 0.889. The average Bonchev–Trinajstić information content (AvgIpc) is 2.28. The molecule has 0 saturated heterocycles. The van der Waals surface area contributed by atoms with Gasteiger partial charge in [0, 0.05) is 6.08 Å². The highest BCUT2D eigenvalue weighted by Crippen LogP contribution is 2.37. The number of fused-ring (bicyclic) bond motifs is 1. The second-order valence-electron chi connectivity index (χ2n) is 3.82. The summed E-state index contributed by atoms with van der Waals surface area (Å²) in [5.74, 6) is -4.52. The Morgan fingerprint density at radius 2 is 1.72 bits per heavy atom. The van der Waals surface area contributed by atoms with Crippen molar-refractivity contribution in [1.82, 2.24) is 0 Å². The Kier molecular flexibility index (Phi) is 2.43. The first-order valence-electron chi connectivity index (χ1n) is 4.94. The zero-order valence-electron chi connectivity index (χ0n) is 9.22. The number of rotatable bonds is 1. The van der Waals surface area contributed by atoms with Gasteiger partial charge in [0.15, 0.2) is 17.3 Å². The predicted molar refractivity (Wildman–Crippen MR) is 59.1 cm³/mol. The second-order valence-corrected chi connectivity index (χ2v) is 3.82. The van der Waals surface area contributed by atoms with Crippen LogP contribution < -0.4 is 0 Å². The number of aliphatic hydroxyl groups is 1. The van der Waals surface area contributed by atoms with E-state index < -0.39 is 45.7 Å². The number of phenols is 2. The van der Waals surface area contributed by atoms with Gasteiger partial charge in [0.2, 0.25) is 5.78 Å². The van der Waals surface area contributed by atoms with Gasteiger partial charge in [0.25, 0.3) is 0 Å². The predicted octanol–water partition coefficient (Wildman–Crippen LogP) is 1.12. The van der Waals surface area contributed by atoms with Gasteiger partial charge in [-0.25, -0.2) is 0 Å².